The van der Waals surface area contributed by atoms with Gasteiger partial charge in [0.15, 0.2) is 5.82 Å². The number of amides is 1. The highest BCUT2D eigenvalue weighted by atomic mass is 16.5. The lowest BCUT2D eigenvalue weighted by atomic mass is 9.86. The summed E-state index contributed by atoms with van der Waals surface area (Å²) in [6.45, 7) is 1.25. The monoisotopic (exact) mass is 446 g/mol. The number of hydrogen-bond acceptors (Lipinski definition) is 7. The van der Waals surface area contributed by atoms with Crippen LogP contribution >= 0.6 is 0 Å². The summed E-state index contributed by atoms with van der Waals surface area (Å²) < 4.78 is 5.64. The van der Waals surface area contributed by atoms with E-state index in [9.17, 15) is 14.7 Å². The Morgan fingerprint density at radius 2 is 1.73 bits per heavy atom. The number of carbonyl (C=O) groups is 2. The second kappa shape index (κ2) is 10.3. The molecule has 0 saturated carbocycles. The van der Waals surface area contributed by atoms with Crippen molar-refractivity contribution in [3.05, 3.63) is 90.1 Å². The maximum Gasteiger partial charge on any atom is 0.347 e. The number of esters is 1. The molecule has 33 heavy (non-hydrogen) atoms. The molecule has 1 aliphatic heterocycles. The molecule has 2 aromatic carbocycles. The van der Waals surface area contributed by atoms with Crippen molar-refractivity contribution >= 4 is 17.7 Å². The SMILES string of the molecule is O=C(Nc1cccnn1)C(COC(=O)C(O)(c1ccccc1)c1ccccc1)[C@H]1CCNC1. The second-order valence-electron chi connectivity index (χ2n) is 8.00. The number of carbonyl (C=O) groups excluding carboxylic acids is 2. The van der Waals surface area contributed by atoms with Crippen LogP contribution in [0.2, 0.25) is 0 Å². The lowest BCUT2D eigenvalue weighted by Crippen LogP contribution is -2.41. The number of aliphatic hydroxyl groups is 1. The minimum atomic E-state index is -2.00. The molecule has 1 fully saturated rings. The van der Waals surface area contributed by atoms with Gasteiger partial charge >= 0.3 is 5.97 Å². The predicted octanol–water partition coefficient (Wildman–Crippen LogP) is 2.12. The Morgan fingerprint density at radius 3 is 2.27 bits per heavy atom. The summed E-state index contributed by atoms with van der Waals surface area (Å²) in [5, 5.41) is 25.2. The molecule has 3 N–H and O–H groups in total. The maximum atomic E-state index is 13.3. The second-order valence-corrected chi connectivity index (χ2v) is 8.00. The third-order valence-corrected chi connectivity index (χ3v) is 5.90. The highest BCUT2D eigenvalue weighted by molar-refractivity contribution is 5.92. The van der Waals surface area contributed by atoms with Crippen LogP contribution in [0.15, 0.2) is 79.0 Å². The molecule has 170 valence electrons. The minimum absolute atomic E-state index is 0.0176. The van der Waals surface area contributed by atoms with Crippen molar-refractivity contribution in [3.63, 3.8) is 0 Å². The average Bonchev–Trinajstić information content (AvgIpc) is 3.40. The van der Waals surface area contributed by atoms with Crippen molar-refractivity contribution in [2.75, 3.05) is 25.0 Å². The molecule has 0 bridgehead atoms. The molecular weight excluding hydrogens is 420 g/mol. The normalized spacial score (nSPS) is 16.7. The van der Waals surface area contributed by atoms with Crippen LogP contribution in [0.25, 0.3) is 0 Å². The molecule has 0 aliphatic carbocycles. The first-order valence-electron chi connectivity index (χ1n) is 10.9. The van der Waals surface area contributed by atoms with Gasteiger partial charge in [-0.05, 0) is 48.7 Å². The topological polar surface area (TPSA) is 113 Å². The summed E-state index contributed by atoms with van der Waals surface area (Å²) in [6, 6.07) is 20.6. The summed E-state index contributed by atoms with van der Waals surface area (Å²) in [4.78, 5) is 26.4. The quantitative estimate of drug-likeness (QED) is 0.454. The van der Waals surface area contributed by atoms with E-state index in [4.69, 9.17) is 4.74 Å². The van der Waals surface area contributed by atoms with E-state index in [0.29, 0.717) is 23.5 Å². The largest absolute Gasteiger partial charge is 0.462 e. The fraction of sp³-hybridized carbons (Fsp3) is 0.280. The van der Waals surface area contributed by atoms with Crippen LogP contribution < -0.4 is 10.6 Å². The lowest BCUT2D eigenvalue weighted by Gasteiger charge is -2.29. The molecule has 1 unspecified atom stereocenters. The van der Waals surface area contributed by atoms with E-state index in [1.54, 1.807) is 72.8 Å². The van der Waals surface area contributed by atoms with Gasteiger partial charge in [-0.15, -0.1) is 5.10 Å². The smallest absolute Gasteiger partial charge is 0.347 e. The zero-order valence-corrected chi connectivity index (χ0v) is 18.1. The fourth-order valence-electron chi connectivity index (χ4n) is 4.06. The van der Waals surface area contributed by atoms with Crippen LogP contribution in [0, 0.1) is 11.8 Å². The molecule has 1 aromatic heterocycles. The molecule has 1 amide bonds. The van der Waals surface area contributed by atoms with E-state index in [0.717, 1.165) is 13.0 Å². The van der Waals surface area contributed by atoms with Crippen LogP contribution in [0.4, 0.5) is 5.82 Å². The Kier molecular flexibility index (Phi) is 7.07. The van der Waals surface area contributed by atoms with Gasteiger partial charge in [-0.2, -0.15) is 5.10 Å². The van der Waals surface area contributed by atoms with E-state index in [1.165, 1.54) is 6.20 Å². The zero-order chi connectivity index (χ0) is 23.1. The fourth-order valence-corrected chi connectivity index (χ4v) is 4.06. The number of aromatic nitrogens is 2. The van der Waals surface area contributed by atoms with Gasteiger partial charge in [0.1, 0.15) is 6.61 Å². The van der Waals surface area contributed by atoms with Gasteiger partial charge in [0.2, 0.25) is 11.5 Å². The van der Waals surface area contributed by atoms with Crippen molar-refractivity contribution in [2.24, 2.45) is 11.8 Å². The van der Waals surface area contributed by atoms with Gasteiger partial charge in [0.25, 0.3) is 0 Å². The third kappa shape index (κ3) is 5.08. The number of hydrogen-bond donors (Lipinski definition) is 3. The first-order chi connectivity index (χ1) is 16.1. The third-order valence-electron chi connectivity index (χ3n) is 5.90. The summed E-state index contributed by atoms with van der Waals surface area (Å²) in [6.07, 6.45) is 2.29. The Balaban J connectivity index is 1.55. The van der Waals surface area contributed by atoms with Gasteiger partial charge < -0.3 is 20.5 Å². The van der Waals surface area contributed by atoms with Gasteiger partial charge in [-0.3, -0.25) is 4.79 Å². The van der Waals surface area contributed by atoms with Gasteiger partial charge in [-0.25, -0.2) is 4.79 Å². The highest BCUT2D eigenvalue weighted by Gasteiger charge is 2.43. The van der Waals surface area contributed by atoms with Crippen molar-refractivity contribution in [1.82, 2.24) is 15.5 Å². The molecule has 8 nitrogen and oxygen atoms in total. The van der Waals surface area contributed by atoms with E-state index in [-0.39, 0.29) is 18.4 Å². The van der Waals surface area contributed by atoms with E-state index >= 15 is 0 Å². The Morgan fingerprint density at radius 1 is 1.06 bits per heavy atom. The Bertz CT molecular complexity index is 1020. The number of nitrogens with zero attached hydrogens (tertiary/aromatic N) is 2. The van der Waals surface area contributed by atoms with Crippen molar-refractivity contribution in [2.45, 2.75) is 12.0 Å². The van der Waals surface area contributed by atoms with E-state index < -0.39 is 17.5 Å². The molecule has 2 atom stereocenters. The van der Waals surface area contributed by atoms with Crippen LogP contribution in [0.3, 0.4) is 0 Å². The van der Waals surface area contributed by atoms with E-state index in [2.05, 4.69) is 20.8 Å². The zero-order valence-electron chi connectivity index (χ0n) is 18.1. The Hall–Kier alpha value is -3.62. The van der Waals surface area contributed by atoms with Crippen molar-refractivity contribution < 1.29 is 19.4 Å². The van der Waals surface area contributed by atoms with Crippen molar-refractivity contribution in [3.8, 4) is 0 Å². The maximum absolute atomic E-state index is 13.3. The summed E-state index contributed by atoms with van der Waals surface area (Å²) in [7, 11) is 0. The number of nitrogens with one attached hydrogen (secondary N) is 2. The molecule has 0 radical (unpaired) electrons. The van der Waals surface area contributed by atoms with Crippen LogP contribution in [-0.2, 0) is 19.9 Å². The van der Waals surface area contributed by atoms with Crippen molar-refractivity contribution in [1.29, 1.82) is 0 Å². The highest BCUT2D eigenvalue weighted by Crippen LogP contribution is 2.32. The molecule has 8 heteroatoms. The van der Waals surface area contributed by atoms with Gasteiger partial charge in [0.05, 0.1) is 5.92 Å². The number of benzene rings is 2. The molecule has 0 spiro atoms. The Labute approximate surface area is 192 Å². The lowest BCUT2D eigenvalue weighted by molar-refractivity contribution is -0.164. The van der Waals surface area contributed by atoms with Gasteiger partial charge in [0, 0.05) is 6.20 Å². The molecular formula is C25H26N4O4. The standard InChI is InChI=1S/C25H26N4O4/c30-23(28-22-12-7-14-27-29-22)21(18-13-15-26-16-18)17-33-24(31)25(32,19-8-3-1-4-9-19)20-10-5-2-6-11-20/h1-12,14,18,21,26,32H,13,15-17H2,(H,28,29,30)/t18-,21?/m0/s1. The summed E-state index contributed by atoms with van der Waals surface area (Å²) in [5.41, 5.74) is -1.21. The number of rotatable bonds is 8. The molecule has 1 aliphatic rings. The molecule has 4 rings (SSSR count). The van der Waals surface area contributed by atoms with Crippen LogP contribution in [0.1, 0.15) is 17.5 Å². The minimum Gasteiger partial charge on any atom is -0.462 e. The molecule has 3 aromatic rings. The first kappa shape index (κ1) is 22.6. The number of ether oxygens (including phenoxy) is 1. The van der Waals surface area contributed by atoms with E-state index in [1.807, 2.05) is 0 Å². The molecule has 2 heterocycles. The number of anilines is 1. The average molecular weight is 447 g/mol. The first-order valence-corrected chi connectivity index (χ1v) is 10.9. The summed E-state index contributed by atoms with van der Waals surface area (Å²) in [5.74, 6) is -1.43. The van der Waals surface area contributed by atoms with Crippen LogP contribution in [0.5, 0.6) is 0 Å². The van der Waals surface area contributed by atoms with Gasteiger partial charge in [-0.1, -0.05) is 60.7 Å². The molecule has 1 saturated heterocycles. The predicted molar refractivity (Wildman–Crippen MR) is 122 cm³/mol. The summed E-state index contributed by atoms with van der Waals surface area (Å²) >= 11 is 0. The van der Waals surface area contributed by atoms with Crippen LogP contribution in [-0.4, -0.2) is 46.9 Å².